The van der Waals surface area contributed by atoms with Gasteiger partial charge in [-0.3, -0.25) is 9.59 Å². The minimum Gasteiger partial charge on any atom is -0.495 e. The Morgan fingerprint density at radius 2 is 1.72 bits per heavy atom. The van der Waals surface area contributed by atoms with Crippen LogP contribution >= 0.6 is 23.4 Å². The Hall–Kier alpha value is -2.97. The van der Waals surface area contributed by atoms with Gasteiger partial charge in [0.25, 0.3) is 0 Å². The number of halogens is 1. The van der Waals surface area contributed by atoms with E-state index in [0.29, 0.717) is 22.1 Å². The predicted octanol–water partition coefficient (Wildman–Crippen LogP) is 4.05. The first-order valence-electron chi connectivity index (χ1n) is 8.41. The molecule has 2 rings (SSSR count). The van der Waals surface area contributed by atoms with Crippen molar-refractivity contribution in [2.45, 2.75) is 17.1 Å². The molecule has 0 aliphatic heterocycles. The van der Waals surface area contributed by atoms with Crippen molar-refractivity contribution in [1.82, 2.24) is 0 Å². The smallest absolute Gasteiger partial charge is 0.328 e. The second kappa shape index (κ2) is 10.5. The number of carboxylic acids is 1. The molecule has 0 bridgehead atoms. The zero-order chi connectivity index (χ0) is 21.4. The number of anilines is 2. The lowest BCUT2D eigenvalue weighted by Crippen LogP contribution is -2.22. The quantitative estimate of drug-likeness (QED) is 0.427. The van der Waals surface area contributed by atoms with E-state index in [1.165, 1.54) is 18.9 Å². The van der Waals surface area contributed by atoms with E-state index in [-0.39, 0.29) is 11.2 Å². The average molecular weight is 435 g/mol. The number of ether oxygens (including phenoxy) is 1. The Balaban J connectivity index is 1.91. The third kappa shape index (κ3) is 7.17. The molecule has 0 fully saturated rings. The first-order chi connectivity index (χ1) is 13.8. The van der Waals surface area contributed by atoms with Gasteiger partial charge < -0.3 is 20.5 Å². The third-order valence-corrected chi connectivity index (χ3v) is 5.01. The summed E-state index contributed by atoms with van der Waals surface area (Å²) in [4.78, 5) is 35.2. The highest BCUT2D eigenvalue weighted by molar-refractivity contribution is 8.00. The molecule has 0 aliphatic rings. The zero-order valence-corrected chi connectivity index (χ0v) is 17.2. The summed E-state index contributed by atoms with van der Waals surface area (Å²) in [5, 5.41) is 13.9. The van der Waals surface area contributed by atoms with E-state index >= 15 is 0 Å². The molecule has 2 aromatic rings. The zero-order valence-electron chi connectivity index (χ0n) is 15.6. The highest BCUT2D eigenvalue weighted by atomic mass is 35.5. The molecule has 0 spiro atoms. The Bertz CT molecular complexity index is 931. The van der Waals surface area contributed by atoms with E-state index < -0.39 is 11.9 Å². The topological polar surface area (TPSA) is 105 Å². The van der Waals surface area contributed by atoms with Crippen molar-refractivity contribution in [3.8, 4) is 5.75 Å². The molecular weight excluding hydrogens is 416 g/mol. The van der Waals surface area contributed by atoms with Gasteiger partial charge in [0.2, 0.25) is 11.8 Å². The van der Waals surface area contributed by atoms with Gasteiger partial charge in [0.05, 0.1) is 17.4 Å². The molecule has 1 atom stereocenters. The standard InChI is InChI=1S/C20H19ClN2O5S/c1-12(20(27)23-14-5-8-17(28-2)16(21)11-14)29-15-6-3-13(4-7-15)22-18(24)9-10-19(25)26/h3-12H,1-2H3,(H,22,24)(H,23,27)(H,25,26)/b10-9+. The van der Waals surface area contributed by atoms with Gasteiger partial charge in [-0.25, -0.2) is 4.79 Å². The number of thioether (sulfide) groups is 1. The van der Waals surface area contributed by atoms with Gasteiger partial charge in [-0.15, -0.1) is 11.8 Å². The number of benzene rings is 2. The lowest BCUT2D eigenvalue weighted by molar-refractivity contribution is -0.131. The number of nitrogens with one attached hydrogen (secondary N) is 2. The number of amides is 2. The van der Waals surface area contributed by atoms with Crippen molar-refractivity contribution in [1.29, 1.82) is 0 Å². The molecular formula is C20H19ClN2O5S. The largest absolute Gasteiger partial charge is 0.495 e. The SMILES string of the molecule is COc1ccc(NC(=O)C(C)Sc2ccc(NC(=O)/C=C/C(=O)O)cc2)cc1Cl. The summed E-state index contributed by atoms with van der Waals surface area (Å²) in [5.74, 6) is -1.40. The van der Waals surface area contributed by atoms with Crippen molar-refractivity contribution in [2.24, 2.45) is 0 Å². The van der Waals surface area contributed by atoms with Gasteiger partial charge in [-0.05, 0) is 49.4 Å². The van der Waals surface area contributed by atoms with Crippen LogP contribution in [0.2, 0.25) is 5.02 Å². The van der Waals surface area contributed by atoms with Crippen molar-refractivity contribution in [2.75, 3.05) is 17.7 Å². The molecule has 7 nitrogen and oxygen atoms in total. The molecule has 0 heterocycles. The van der Waals surface area contributed by atoms with Gasteiger partial charge in [0.1, 0.15) is 5.75 Å². The number of methoxy groups -OCH3 is 1. The van der Waals surface area contributed by atoms with Crippen LogP contribution in [0, 0.1) is 0 Å². The van der Waals surface area contributed by atoms with Crippen molar-refractivity contribution in [3.05, 3.63) is 59.6 Å². The van der Waals surface area contributed by atoms with Gasteiger partial charge in [-0.1, -0.05) is 11.6 Å². The van der Waals surface area contributed by atoms with Crippen LogP contribution in [0.3, 0.4) is 0 Å². The van der Waals surface area contributed by atoms with Crippen molar-refractivity contribution >= 4 is 52.5 Å². The highest BCUT2D eigenvalue weighted by Gasteiger charge is 2.15. The summed E-state index contributed by atoms with van der Waals surface area (Å²) in [5.41, 5.74) is 1.08. The number of carbonyl (C=O) groups is 3. The lowest BCUT2D eigenvalue weighted by atomic mass is 10.3. The van der Waals surface area contributed by atoms with Crippen LogP contribution in [0.4, 0.5) is 11.4 Å². The van der Waals surface area contributed by atoms with E-state index in [9.17, 15) is 14.4 Å². The number of aliphatic carboxylic acids is 1. The van der Waals surface area contributed by atoms with Crippen LogP contribution in [0.1, 0.15) is 6.92 Å². The minimum atomic E-state index is -1.20. The average Bonchev–Trinajstić information content (AvgIpc) is 2.68. The van der Waals surface area contributed by atoms with Gasteiger partial charge in [0.15, 0.2) is 0 Å². The maximum absolute atomic E-state index is 12.4. The summed E-state index contributed by atoms with van der Waals surface area (Å²) in [7, 11) is 1.52. The highest BCUT2D eigenvalue weighted by Crippen LogP contribution is 2.29. The molecule has 0 aromatic heterocycles. The summed E-state index contributed by atoms with van der Waals surface area (Å²) < 4.78 is 5.08. The molecule has 9 heteroatoms. The number of carboxylic acid groups (broad SMARTS) is 1. The van der Waals surface area contributed by atoms with E-state index in [1.807, 2.05) is 0 Å². The Labute approximate surface area is 177 Å². The lowest BCUT2D eigenvalue weighted by Gasteiger charge is -2.13. The fourth-order valence-corrected chi connectivity index (χ4v) is 3.32. The maximum Gasteiger partial charge on any atom is 0.328 e. The van der Waals surface area contributed by atoms with E-state index in [2.05, 4.69) is 10.6 Å². The normalized spacial score (nSPS) is 11.7. The van der Waals surface area contributed by atoms with Gasteiger partial charge in [-0.2, -0.15) is 0 Å². The maximum atomic E-state index is 12.4. The molecule has 0 saturated carbocycles. The van der Waals surface area contributed by atoms with Crippen LogP contribution < -0.4 is 15.4 Å². The van der Waals surface area contributed by atoms with Crippen LogP contribution in [0.15, 0.2) is 59.5 Å². The molecule has 3 N–H and O–H groups in total. The van der Waals surface area contributed by atoms with Crippen LogP contribution in [-0.2, 0) is 14.4 Å². The third-order valence-electron chi connectivity index (χ3n) is 3.60. The van der Waals surface area contributed by atoms with Crippen molar-refractivity contribution < 1.29 is 24.2 Å². The van der Waals surface area contributed by atoms with Crippen LogP contribution in [0.25, 0.3) is 0 Å². The second-order valence-electron chi connectivity index (χ2n) is 5.78. The van der Waals surface area contributed by atoms with Crippen molar-refractivity contribution in [3.63, 3.8) is 0 Å². The second-order valence-corrected chi connectivity index (χ2v) is 7.61. The molecule has 2 aromatic carbocycles. The summed E-state index contributed by atoms with van der Waals surface area (Å²) in [6.45, 7) is 1.78. The van der Waals surface area contributed by atoms with Crippen LogP contribution in [-0.4, -0.2) is 35.2 Å². The molecule has 0 aliphatic carbocycles. The fourth-order valence-electron chi connectivity index (χ4n) is 2.19. The Morgan fingerprint density at radius 3 is 2.31 bits per heavy atom. The Kier molecular flexibility index (Phi) is 8.11. The summed E-state index contributed by atoms with van der Waals surface area (Å²) in [6.07, 6.45) is 1.69. The first kappa shape index (κ1) is 22.3. The molecule has 152 valence electrons. The molecule has 0 radical (unpaired) electrons. The summed E-state index contributed by atoms with van der Waals surface area (Å²) in [6, 6.07) is 11.9. The molecule has 1 unspecified atom stereocenters. The molecule has 2 amide bonds. The van der Waals surface area contributed by atoms with E-state index in [0.717, 1.165) is 17.0 Å². The van der Waals surface area contributed by atoms with E-state index in [1.54, 1.807) is 49.4 Å². The van der Waals surface area contributed by atoms with Gasteiger partial charge in [0, 0.05) is 28.4 Å². The number of hydrogen-bond acceptors (Lipinski definition) is 5. The number of hydrogen-bond donors (Lipinski definition) is 3. The monoisotopic (exact) mass is 434 g/mol. The van der Waals surface area contributed by atoms with E-state index in [4.69, 9.17) is 21.4 Å². The Morgan fingerprint density at radius 1 is 1.07 bits per heavy atom. The predicted molar refractivity (Wildman–Crippen MR) is 114 cm³/mol. The fraction of sp³-hybridized carbons (Fsp3) is 0.150. The van der Waals surface area contributed by atoms with Crippen LogP contribution in [0.5, 0.6) is 5.75 Å². The summed E-state index contributed by atoms with van der Waals surface area (Å²) >= 11 is 7.41. The molecule has 0 saturated heterocycles. The van der Waals surface area contributed by atoms with Gasteiger partial charge >= 0.3 is 5.97 Å². The first-order valence-corrected chi connectivity index (χ1v) is 9.67. The molecule has 29 heavy (non-hydrogen) atoms. The number of carbonyl (C=O) groups excluding carboxylic acids is 2. The number of rotatable bonds is 8. The minimum absolute atomic E-state index is 0.188.